The highest BCUT2D eigenvalue weighted by atomic mass is 35.5. The van der Waals surface area contributed by atoms with Crippen LogP contribution in [0.1, 0.15) is 13.8 Å². The maximum absolute atomic E-state index is 10.9. The Morgan fingerprint density at radius 1 is 1.50 bits per heavy atom. The van der Waals surface area contributed by atoms with Crippen LogP contribution in [0.4, 0.5) is 0 Å². The lowest BCUT2D eigenvalue weighted by Gasteiger charge is -1.93. The zero-order chi connectivity index (χ0) is 7.98. The van der Waals surface area contributed by atoms with Gasteiger partial charge in [-0.15, -0.1) is 11.6 Å². The van der Waals surface area contributed by atoms with Crippen molar-refractivity contribution < 1.29 is 4.79 Å². The second kappa shape index (κ2) is 5.24. The Balaban J connectivity index is 4.23. The maximum atomic E-state index is 10.9. The third kappa shape index (κ3) is 2.83. The molecule has 0 radical (unpaired) electrons. The number of Topliss-reactive ketones (excluding diaryl/α,β-unsaturated/α-hetero) is 1. The van der Waals surface area contributed by atoms with Crippen molar-refractivity contribution in [3.05, 3.63) is 23.8 Å². The summed E-state index contributed by atoms with van der Waals surface area (Å²) in [7, 11) is 0. The van der Waals surface area contributed by atoms with Gasteiger partial charge in [-0.3, -0.25) is 4.79 Å². The van der Waals surface area contributed by atoms with Crippen LogP contribution in [0, 0.1) is 0 Å². The Kier molecular flexibility index (Phi) is 4.95. The van der Waals surface area contributed by atoms with E-state index in [0.29, 0.717) is 5.57 Å². The second-order valence-electron chi connectivity index (χ2n) is 1.80. The Bertz CT molecular complexity index is 168. The number of carbonyl (C=O) groups is 1. The number of hydrogen-bond acceptors (Lipinski definition) is 1. The number of alkyl halides is 1. The first-order chi connectivity index (χ1) is 4.76. The van der Waals surface area contributed by atoms with Crippen LogP contribution in [-0.4, -0.2) is 11.7 Å². The average molecular weight is 159 g/mol. The molecule has 0 fully saturated rings. The zero-order valence-corrected chi connectivity index (χ0v) is 6.98. The number of rotatable bonds is 3. The van der Waals surface area contributed by atoms with Gasteiger partial charge in [0.1, 0.15) is 0 Å². The SMILES string of the molecule is C/C=C\C(=C/C)C(=O)CCl. The summed E-state index contributed by atoms with van der Waals surface area (Å²) < 4.78 is 0. The first-order valence-electron chi connectivity index (χ1n) is 3.14. The fourth-order valence-corrected chi connectivity index (χ4v) is 0.761. The molecule has 10 heavy (non-hydrogen) atoms. The molecule has 1 nitrogen and oxygen atoms in total. The summed E-state index contributed by atoms with van der Waals surface area (Å²) in [6, 6.07) is 0. The van der Waals surface area contributed by atoms with Crippen molar-refractivity contribution in [2.45, 2.75) is 13.8 Å². The second-order valence-corrected chi connectivity index (χ2v) is 2.07. The first kappa shape index (κ1) is 9.44. The summed E-state index contributed by atoms with van der Waals surface area (Å²) in [6.07, 6.45) is 5.33. The number of carbonyl (C=O) groups excluding carboxylic acids is 1. The van der Waals surface area contributed by atoms with Crippen LogP contribution in [0.5, 0.6) is 0 Å². The van der Waals surface area contributed by atoms with E-state index in [2.05, 4.69) is 0 Å². The molecule has 2 heteroatoms. The van der Waals surface area contributed by atoms with Crippen LogP contribution in [0.3, 0.4) is 0 Å². The fourth-order valence-electron chi connectivity index (χ4n) is 0.607. The third-order valence-electron chi connectivity index (χ3n) is 1.10. The van der Waals surface area contributed by atoms with Gasteiger partial charge in [-0.25, -0.2) is 0 Å². The van der Waals surface area contributed by atoms with E-state index >= 15 is 0 Å². The predicted octanol–water partition coefficient (Wildman–Crippen LogP) is 2.32. The predicted molar refractivity (Wildman–Crippen MR) is 44.3 cm³/mol. The molecule has 0 aromatic rings. The van der Waals surface area contributed by atoms with Gasteiger partial charge in [0, 0.05) is 5.57 Å². The summed E-state index contributed by atoms with van der Waals surface area (Å²) in [4.78, 5) is 10.9. The average Bonchev–Trinajstić information content (AvgIpc) is 1.99. The molecule has 0 saturated carbocycles. The number of ketones is 1. The molecule has 0 spiro atoms. The fraction of sp³-hybridized carbons (Fsp3) is 0.375. The van der Waals surface area contributed by atoms with Gasteiger partial charge in [0.05, 0.1) is 5.88 Å². The van der Waals surface area contributed by atoms with Crippen LogP contribution in [0.2, 0.25) is 0 Å². The van der Waals surface area contributed by atoms with Crippen LogP contribution in [-0.2, 0) is 4.79 Å². The molecule has 0 atom stereocenters. The summed E-state index contributed by atoms with van der Waals surface area (Å²) in [5.41, 5.74) is 0.678. The molecule has 0 rings (SSSR count). The van der Waals surface area contributed by atoms with Gasteiger partial charge in [0.15, 0.2) is 5.78 Å². The van der Waals surface area contributed by atoms with Crippen LogP contribution in [0.25, 0.3) is 0 Å². The topological polar surface area (TPSA) is 17.1 Å². The summed E-state index contributed by atoms with van der Waals surface area (Å²) in [5.74, 6) is 0.0339. The van der Waals surface area contributed by atoms with Gasteiger partial charge in [-0.2, -0.15) is 0 Å². The quantitative estimate of drug-likeness (QED) is 0.350. The molecule has 0 aromatic carbocycles. The highest BCUT2D eigenvalue weighted by Crippen LogP contribution is 1.99. The van der Waals surface area contributed by atoms with E-state index in [4.69, 9.17) is 11.6 Å². The third-order valence-corrected chi connectivity index (χ3v) is 1.34. The van der Waals surface area contributed by atoms with Crippen LogP contribution >= 0.6 is 11.6 Å². The van der Waals surface area contributed by atoms with Gasteiger partial charge in [-0.05, 0) is 13.8 Å². The van der Waals surface area contributed by atoms with Crippen molar-refractivity contribution in [2.75, 3.05) is 5.88 Å². The standard InChI is InChI=1S/C8H11ClO/c1-3-5-7(4-2)8(10)6-9/h3-5H,6H2,1-2H3/b5-3-,7-4+. The molecule has 0 aliphatic rings. The van der Waals surface area contributed by atoms with Crippen LogP contribution < -0.4 is 0 Å². The van der Waals surface area contributed by atoms with E-state index in [1.165, 1.54) is 0 Å². The van der Waals surface area contributed by atoms with Crippen molar-refractivity contribution in [2.24, 2.45) is 0 Å². The summed E-state index contributed by atoms with van der Waals surface area (Å²) >= 11 is 5.34. The molecule has 0 N–H and O–H groups in total. The lowest BCUT2D eigenvalue weighted by molar-refractivity contribution is -0.113. The Morgan fingerprint density at radius 3 is 2.40 bits per heavy atom. The molecule has 0 amide bonds. The molecule has 0 aliphatic carbocycles. The molecule has 0 saturated heterocycles. The minimum absolute atomic E-state index is 0.0257. The summed E-state index contributed by atoms with van der Waals surface area (Å²) in [6.45, 7) is 3.69. The Morgan fingerprint density at radius 2 is 2.10 bits per heavy atom. The number of hydrogen-bond donors (Lipinski definition) is 0. The monoisotopic (exact) mass is 158 g/mol. The molecule has 0 unspecified atom stereocenters. The van der Waals surface area contributed by atoms with E-state index in [0.717, 1.165) is 0 Å². The van der Waals surface area contributed by atoms with Crippen molar-refractivity contribution >= 4 is 17.4 Å². The molecule has 0 aromatic heterocycles. The highest BCUT2D eigenvalue weighted by Gasteiger charge is 2.00. The van der Waals surface area contributed by atoms with Gasteiger partial charge in [0.2, 0.25) is 0 Å². The molecule has 56 valence electrons. The molecule has 0 bridgehead atoms. The van der Waals surface area contributed by atoms with Crippen molar-refractivity contribution in [3.63, 3.8) is 0 Å². The molecular formula is C8H11ClO. The lowest BCUT2D eigenvalue weighted by Crippen LogP contribution is -2.00. The van der Waals surface area contributed by atoms with Gasteiger partial charge >= 0.3 is 0 Å². The van der Waals surface area contributed by atoms with Crippen LogP contribution in [0.15, 0.2) is 23.8 Å². The Hall–Kier alpha value is -0.560. The number of allylic oxidation sites excluding steroid dienone is 4. The largest absolute Gasteiger partial charge is 0.293 e. The minimum Gasteiger partial charge on any atom is -0.293 e. The number of halogens is 1. The minimum atomic E-state index is -0.0257. The lowest BCUT2D eigenvalue weighted by atomic mass is 10.1. The van der Waals surface area contributed by atoms with E-state index in [1.54, 1.807) is 12.2 Å². The summed E-state index contributed by atoms with van der Waals surface area (Å²) in [5, 5.41) is 0. The van der Waals surface area contributed by atoms with E-state index < -0.39 is 0 Å². The van der Waals surface area contributed by atoms with E-state index in [1.807, 2.05) is 19.9 Å². The first-order valence-corrected chi connectivity index (χ1v) is 3.67. The van der Waals surface area contributed by atoms with E-state index in [-0.39, 0.29) is 11.7 Å². The maximum Gasteiger partial charge on any atom is 0.177 e. The highest BCUT2D eigenvalue weighted by molar-refractivity contribution is 6.30. The van der Waals surface area contributed by atoms with Gasteiger partial charge < -0.3 is 0 Å². The van der Waals surface area contributed by atoms with E-state index in [9.17, 15) is 4.79 Å². The smallest absolute Gasteiger partial charge is 0.177 e. The van der Waals surface area contributed by atoms with Crippen molar-refractivity contribution in [1.29, 1.82) is 0 Å². The molecule has 0 heterocycles. The van der Waals surface area contributed by atoms with Gasteiger partial charge in [-0.1, -0.05) is 18.2 Å². The normalized spacial score (nSPS) is 12.5. The van der Waals surface area contributed by atoms with Crippen molar-refractivity contribution in [1.82, 2.24) is 0 Å². The van der Waals surface area contributed by atoms with Gasteiger partial charge in [0.25, 0.3) is 0 Å². The Labute approximate surface area is 66.4 Å². The van der Waals surface area contributed by atoms with Crippen molar-refractivity contribution in [3.8, 4) is 0 Å². The molecule has 0 aliphatic heterocycles. The molecular weight excluding hydrogens is 148 g/mol. The zero-order valence-electron chi connectivity index (χ0n) is 6.23.